The Morgan fingerprint density at radius 3 is 3.00 bits per heavy atom. The minimum Gasteiger partial charge on any atom is -0.468 e. The van der Waals surface area contributed by atoms with Crippen molar-refractivity contribution >= 4 is 17.7 Å². The molecule has 134 valence electrons. The molecule has 0 saturated carbocycles. The summed E-state index contributed by atoms with van der Waals surface area (Å²) in [4.78, 5) is 35.0. The van der Waals surface area contributed by atoms with E-state index in [9.17, 15) is 9.59 Å². The molecule has 2 aromatic heterocycles. The van der Waals surface area contributed by atoms with E-state index in [0.717, 1.165) is 17.5 Å². The summed E-state index contributed by atoms with van der Waals surface area (Å²) in [6.07, 6.45) is 0.806. The van der Waals surface area contributed by atoms with Gasteiger partial charge in [0.1, 0.15) is 6.04 Å². The largest absolute Gasteiger partial charge is 0.468 e. The highest BCUT2D eigenvalue weighted by Gasteiger charge is 2.34. The minimum atomic E-state index is -0.533. The van der Waals surface area contributed by atoms with E-state index in [0.29, 0.717) is 18.8 Å². The van der Waals surface area contributed by atoms with Crippen molar-refractivity contribution in [3.8, 4) is 0 Å². The first-order chi connectivity index (χ1) is 12.6. The first-order valence-electron chi connectivity index (χ1n) is 8.20. The lowest BCUT2D eigenvalue weighted by Crippen LogP contribution is -2.40. The van der Waals surface area contributed by atoms with Crippen LogP contribution in [0.4, 0.5) is 5.95 Å². The predicted octanol–water partition coefficient (Wildman–Crippen LogP) is 0.272. The van der Waals surface area contributed by atoms with Gasteiger partial charge in [0.15, 0.2) is 0 Å². The molecule has 1 unspecified atom stereocenters. The third-order valence-electron chi connectivity index (χ3n) is 4.57. The third-order valence-corrected chi connectivity index (χ3v) is 4.57. The van der Waals surface area contributed by atoms with Gasteiger partial charge in [-0.2, -0.15) is 9.50 Å². The van der Waals surface area contributed by atoms with Gasteiger partial charge in [-0.25, -0.2) is 9.78 Å². The van der Waals surface area contributed by atoms with Gasteiger partial charge in [-0.3, -0.25) is 14.8 Å². The van der Waals surface area contributed by atoms with Crippen molar-refractivity contribution in [1.29, 1.82) is 0 Å². The van der Waals surface area contributed by atoms with Gasteiger partial charge in [-0.05, 0) is 17.5 Å². The van der Waals surface area contributed by atoms with Crippen molar-refractivity contribution in [3.63, 3.8) is 0 Å². The number of nitrogens with two attached hydrogens (primary N) is 1. The van der Waals surface area contributed by atoms with E-state index in [-0.39, 0.29) is 23.3 Å². The number of ether oxygens (including phenoxy) is 1. The Balaban J connectivity index is 1.71. The number of fused-ring (bicyclic) bond motifs is 2. The molecule has 1 aromatic carbocycles. The first kappa shape index (κ1) is 16.3. The SMILES string of the molecule is COC(=O)C1c2ccccc2CCN1Cc1cc(=O)n2[nH]c(N)nc2n1. The van der Waals surface area contributed by atoms with Crippen molar-refractivity contribution in [2.75, 3.05) is 19.4 Å². The summed E-state index contributed by atoms with van der Waals surface area (Å²) in [5, 5.41) is 2.63. The number of anilines is 1. The number of nitrogens with one attached hydrogen (secondary N) is 1. The standard InChI is InChI=1S/C17H18N6O3/c1-26-15(25)14-12-5-3-2-4-10(12)6-7-22(14)9-11-8-13(24)23-17(19-11)20-16(18)21-23/h2-5,8,14H,6-7,9H2,1H3,(H3,18,19,20,21). The number of methoxy groups -OCH3 is 1. The van der Waals surface area contributed by atoms with E-state index in [1.165, 1.54) is 17.7 Å². The lowest BCUT2D eigenvalue weighted by molar-refractivity contribution is -0.148. The number of nitrogen functional groups attached to an aromatic ring is 1. The summed E-state index contributed by atoms with van der Waals surface area (Å²) >= 11 is 0. The zero-order valence-corrected chi connectivity index (χ0v) is 14.2. The highest BCUT2D eigenvalue weighted by Crippen LogP contribution is 2.31. The highest BCUT2D eigenvalue weighted by molar-refractivity contribution is 5.78. The molecular formula is C17H18N6O3. The topological polar surface area (TPSA) is 119 Å². The maximum absolute atomic E-state index is 12.4. The molecule has 0 aliphatic carbocycles. The van der Waals surface area contributed by atoms with Gasteiger partial charge < -0.3 is 10.5 Å². The molecule has 9 heteroatoms. The Morgan fingerprint density at radius 2 is 2.19 bits per heavy atom. The van der Waals surface area contributed by atoms with E-state index in [2.05, 4.69) is 15.1 Å². The van der Waals surface area contributed by atoms with Crippen molar-refractivity contribution < 1.29 is 9.53 Å². The number of hydrogen-bond donors (Lipinski definition) is 2. The number of aromatic amines is 1. The van der Waals surface area contributed by atoms with Gasteiger partial charge in [-0.15, -0.1) is 0 Å². The van der Waals surface area contributed by atoms with Crippen molar-refractivity contribution in [1.82, 2.24) is 24.5 Å². The monoisotopic (exact) mass is 354 g/mol. The second-order valence-corrected chi connectivity index (χ2v) is 6.17. The van der Waals surface area contributed by atoms with Gasteiger partial charge in [0.2, 0.25) is 5.95 Å². The molecule has 9 nitrogen and oxygen atoms in total. The molecule has 1 aliphatic rings. The summed E-state index contributed by atoms with van der Waals surface area (Å²) in [7, 11) is 1.38. The fourth-order valence-corrected chi connectivity index (χ4v) is 3.41. The van der Waals surface area contributed by atoms with E-state index in [4.69, 9.17) is 10.5 Å². The maximum Gasteiger partial charge on any atom is 0.327 e. The van der Waals surface area contributed by atoms with E-state index >= 15 is 0 Å². The van der Waals surface area contributed by atoms with Crippen molar-refractivity contribution in [2.45, 2.75) is 19.0 Å². The Bertz CT molecular complexity index is 1040. The molecule has 0 amide bonds. The quantitative estimate of drug-likeness (QED) is 0.648. The van der Waals surface area contributed by atoms with Crippen LogP contribution in [0.15, 0.2) is 35.1 Å². The van der Waals surface area contributed by atoms with Crippen LogP contribution in [-0.4, -0.2) is 44.1 Å². The summed E-state index contributed by atoms with van der Waals surface area (Å²) in [5.74, 6) is -0.0120. The van der Waals surface area contributed by atoms with Crippen LogP contribution in [0.25, 0.3) is 5.78 Å². The molecule has 4 rings (SSSR count). The molecule has 3 N–H and O–H groups in total. The summed E-state index contributed by atoms with van der Waals surface area (Å²) in [5.41, 5.74) is 7.86. The van der Waals surface area contributed by atoms with Gasteiger partial charge in [-0.1, -0.05) is 24.3 Å². The van der Waals surface area contributed by atoms with Crippen LogP contribution in [0.5, 0.6) is 0 Å². The highest BCUT2D eigenvalue weighted by atomic mass is 16.5. The Kier molecular flexibility index (Phi) is 3.92. The molecule has 3 aromatic rings. The number of carbonyl (C=O) groups is 1. The van der Waals surface area contributed by atoms with Gasteiger partial charge in [0.05, 0.1) is 12.8 Å². The number of aromatic nitrogens is 4. The Morgan fingerprint density at radius 1 is 1.38 bits per heavy atom. The molecule has 0 radical (unpaired) electrons. The average Bonchev–Trinajstić information content (AvgIpc) is 3.02. The van der Waals surface area contributed by atoms with Crippen LogP contribution < -0.4 is 11.3 Å². The number of H-pyrrole nitrogens is 1. The van der Waals surface area contributed by atoms with E-state index in [1.807, 2.05) is 29.2 Å². The minimum absolute atomic E-state index is 0.117. The van der Waals surface area contributed by atoms with Gasteiger partial charge in [0, 0.05) is 19.2 Å². The summed E-state index contributed by atoms with van der Waals surface area (Å²) in [6.45, 7) is 0.979. The molecule has 0 fully saturated rings. The molecule has 1 atom stereocenters. The zero-order chi connectivity index (χ0) is 18.3. The lowest BCUT2D eigenvalue weighted by atomic mass is 9.92. The van der Waals surface area contributed by atoms with Gasteiger partial charge in [0.25, 0.3) is 11.3 Å². The molecule has 0 saturated heterocycles. The molecule has 26 heavy (non-hydrogen) atoms. The van der Waals surface area contributed by atoms with Gasteiger partial charge >= 0.3 is 5.97 Å². The Labute approximate surface area is 148 Å². The van der Waals surface area contributed by atoms with E-state index < -0.39 is 6.04 Å². The number of rotatable bonds is 3. The Hall–Kier alpha value is -3.20. The smallest absolute Gasteiger partial charge is 0.327 e. The molecule has 0 spiro atoms. The second-order valence-electron chi connectivity index (χ2n) is 6.17. The van der Waals surface area contributed by atoms with Crippen molar-refractivity contribution in [3.05, 3.63) is 57.5 Å². The predicted molar refractivity (Wildman–Crippen MR) is 93.3 cm³/mol. The zero-order valence-electron chi connectivity index (χ0n) is 14.2. The van der Waals surface area contributed by atoms with Crippen LogP contribution in [0.3, 0.4) is 0 Å². The van der Waals surface area contributed by atoms with Crippen LogP contribution in [-0.2, 0) is 22.5 Å². The molecule has 1 aliphatic heterocycles. The second kappa shape index (κ2) is 6.26. The number of hydrogen-bond acceptors (Lipinski definition) is 7. The van der Waals surface area contributed by atoms with Crippen LogP contribution in [0.2, 0.25) is 0 Å². The van der Waals surface area contributed by atoms with Crippen LogP contribution in [0.1, 0.15) is 22.9 Å². The molecule has 3 heterocycles. The van der Waals surface area contributed by atoms with Crippen molar-refractivity contribution in [2.24, 2.45) is 0 Å². The fourth-order valence-electron chi connectivity index (χ4n) is 3.41. The summed E-state index contributed by atoms with van der Waals surface area (Å²) < 4.78 is 6.19. The lowest BCUT2D eigenvalue weighted by Gasteiger charge is -2.35. The number of esters is 1. The number of nitrogens with zero attached hydrogens (tertiary/aromatic N) is 4. The summed E-state index contributed by atoms with van der Waals surface area (Å²) in [6, 6.07) is 8.70. The van der Waals surface area contributed by atoms with Crippen LogP contribution >= 0.6 is 0 Å². The van der Waals surface area contributed by atoms with E-state index in [1.54, 1.807) is 0 Å². The first-order valence-corrected chi connectivity index (χ1v) is 8.20. The average molecular weight is 354 g/mol. The normalized spacial score (nSPS) is 17.2. The maximum atomic E-state index is 12.4. The molecule has 0 bridgehead atoms. The van der Waals surface area contributed by atoms with Crippen LogP contribution in [0, 0.1) is 0 Å². The molecular weight excluding hydrogens is 336 g/mol. The number of carbonyl (C=O) groups excluding carboxylic acids is 1. The number of benzene rings is 1. The third kappa shape index (κ3) is 2.72. The fraction of sp³-hybridized carbons (Fsp3) is 0.294.